The third-order valence-electron chi connectivity index (χ3n) is 2.51. The number of benzene rings is 1. The quantitative estimate of drug-likeness (QED) is 0.460. The number of hydrogen-bond donors (Lipinski definition) is 0. The lowest BCUT2D eigenvalue weighted by molar-refractivity contribution is -0.138. The lowest BCUT2D eigenvalue weighted by Gasteiger charge is -2.24. The minimum absolute atomic E-state index is 0.0857. The third-order valence-corrected chi connectivity index (χ3v) is 2.51. The normalized spacial score (nSPS) is 24.7. The van der Waals surface area contributed by atoms with Crippen LogP contribution in [0, 0.1) is 17.2 Å². The molecule has 1 heterocycles. The Balaban J connectivity index is 2.50. The first kappa shape index (κ1) is 8.76. The molecule has 2 atom stereocenters. The SMILES string of the molecule is CC1c2ccccc2OC(=O)C1C#N. The highest BCUT2D eigenvalue weighted by atomic mass is 16.5. The van der Waals surface area contributed by atoms with E-state index in [1.165, 1.54) is 0 Å². The van der Waals surface area contributed by atoms with E-state index >= 15 is 0 Å². The molecule has 0 spiro atoms. The van der Waals surface area contributed by atoms with E-state index in [9.17, 15) is 4.79 Å². The minimum Gasteiger partial charge on any atom is -0.425 e. The molecule has 0 fully saturated rings. The molecular formula is C11H9NO2. The van der Waals surface area contributed by atoms with E-state index in [2.05, 4.69) is 0 Å². The zero-order valence-corrected chi connectivity index (χ0v) is 7.73. The topological polar surface area (TPSA) is 50.1 Å². The lowest BCUT2D eigenvalue weighted by atomic mass is 9.86. The van der Waals surface area contributed by atoms with Crippen LogP contribution in [0.5, 0.6) is 5.75 Å². The monoisotopic (exact) mass is 187 g/mol. The third kappa shape index (κ3) is 1.16. The predicted octanol–water partition coefficient (Wildman–Crippen LogP) is 1.85. The molecule has 1 aromatic rings. The number of carbonyl (C=O) groups is 1. The molecule has 2 unspecified atom stereocenters. The zero-order valence-electron chi connectivity index (χ0n) is 7.73. The Morgan fingerprint density at radius 1 is 1.43 bits per heavy atom. The summed E-state index contributed by atoms with van der Waals surface area (Å²) in [6, 6.07) is 9.29. The molecule has 2 rings (SSSR count). The highest BCUT2D eigenvalue weighted by Crippen LogP contribution is 2.36. The van der Waals surface area contributed by atoms with Crippen molar-refractivity contribution in [2.24, 2.45) is 5.92 Å². The summed E-state index contributed by atoms with van der Waals surface area (Å²) in [6.07, 6.45) is 0. The molecule has 0 saturated heterocycles. The van der Waals surface area contributed by atoms with Crippen LogP contribution in [0.15, 0.2) is 24.3 Å². The first-order chi connectivity index (χ1) is 6.74. The van der Waals surface area contributed by atoms with Crippen molar-refractivity contribution < 1.29 is 9.53 Å². The molecule has 1 aliphatic rings. The van der Waals surface area contributed by atoms with Crippen LogP contribution in [-0.2, 0) is 4.79 Å². The molecule has 0 bridgehead atoms. The fraction of sp³-hybridized carbons (Fsp3) is 0.273. The standard InChI is InChI=1S/C11H9NO2/c1-7-8-4-2-3-5-10(8)14-11(13)9(7)6-12/h2-5,7,9H,1H3. The number of para-hydroxylation sites is 1. The molecule has 1 aliphatic heterocycles. The van der Waals surface area contributed by atoms with Gasteiger partial charge in [0.25, 0.3) is 0 Å². The predicted molar refractivity (Wildman–Crippen MR) is 49.6 cm³/mol. The summed E-state index contributed by atoms with van der Waals surface area (Å²) in [6.45, 7) is 1.87. The summed E-state index contributed by atoms with van der Waals surface area (Å²) in [5.74, 6) is -0.627. The van der Waals surface area contributed by atoms with Gasteiger partial charge in [0, 0.05) is 5.92 Å². The molecule has 14 heavy (non-hydrogen) atoms. The van der Waals surface area contributed by atoms with Crippen LogP contribution in [0.25, 0.3) is 0 Å². The molecule has 70 valence electrons. The largest absolute Gasteiger partial charge is 0.425 e. The van der Waals surface area contributed by atoms with Crippen molar-refractivity contribution in [3.8, 4) is 11.8 Å². The molecule has 0 saturated carbocycles. The van der Waals surface area contributed by atoms with E-state index in [4.69, 9.17) is 10.00 Å². The van der Waals surface area contributed by atoms with Gasteiger partial charge in [-0.25, -0.2) is 0 Å². The molecule has 0 N–H and O–H groups in total. The minimum atomic E-state index is -0.676. The van der Waals surface area contributed by atoms with Crippen LogP contribution in [-0.4, -0.2) is 5.97 Å². The van der Waals surface area contributed by atoms with Gasteiger partial charge < -0.3 is 4.74 Å². The summed E-state index contributed by atoms with van der Waals surface area (Å²) < 4.78 is 5.04. The van der Waals surface area contributed by atoms with E-state index < -0.39 is 11.9 Å². The van der Waals surface area contributed by atoms with Gasteiger partial charge in [0.15, 0.2) is 5.92 Å². The number of nitriles is 1. The van der Waals surface area contributed by atoms with Gasteiger partial charge in [-0.3, -0.25) is 4.79 Å². The molecule has 0 amide bonds. The zero-order chi connectivity index (χ0) is 10.1. The van der Waals surface area contributed by atoms with E-state index in [0.717, 1.165) is 5.56 Å². The summed E-state index contributed by atoms with van der Waals surface area (Å²) in [5, 5.41) is 8.81. The van der Waals surface area contributed by atoms with Crippen molar-refractivity contribution in [1.29, 1.82) is 5.26 Å². The van der Waals surface area contributed by atoms with Crippen LogP contribution in [0.1, 0.15) is 18.4 Å². The first-order valence-electron chi connectivity index (χ1n) is 4.44. The Hall–Kier alpha value is -1.82. The van der Waals surface area contributed by atoms with Crippen molar-refractivity contribution in [3.05, 3.63) is 29.8 Å². The van der Waals surface area contributed by atoms with E-state index in [1.54, 1.807) is 6.07 Å². The van der Waals surface area contributed by atoms with Crippen molar-refractivity contribution in [2.45, 2.75) is 12.8 Å². The number of hydrogen-bond acceptors (Lipinski definition) is 3. The number of carbonyl (C=O) groups excluding carboxylic acids is 1. The molecule has 0 aliphatic carbocycles. The number of fused-ring (bicyclic) bond motifs is 1. The van der Waals surface area contributed by atoms with Gasteiger partial charge in [-0.05, 0) is 11.6 Å². The van der Waals surface area contributed by atoms with Gasteiger partial charge in [0.1, 0.15) is 5.75 Å². The Morgan fingerprint density at radius 3 is 2.86 bits per heavy atom. The van der Waals surface area contributed by atoms with Gasteiger partial charge in [0.2, 0.25) is 0 Å². The number of esters is 1. The average molecular weight is 187 g/mol. The Kier molecular flexibility index (Phi) is 1.97. The van der Waals surface area contributed by atoms with Crippen LogP contribution in [0.3, 0.4) is 0 Å². The van der Waals surface area contributed by atoms with Gasteiger partial charge in [0.05, 0.1) is 6.07 Å². The van der Waals surface area contributed by atoms with Crippen LogP contribution in [0.4, 0.5) is 0 Å². The van der Waals surface area contributed by atoms with Gasteiger partial charge in [-0.15, -0.1) is 0 Å². The summed E-state index contributed by atoms with van der Waals surface area (Å²) in [5.41, 5.74) is 0.929. The number of ether oxygens (including phenoxy) is 1. The van der Waals surface area contributed by atoms with Gasteiger partial charge in [-0.2, -0.15) is 5.26 Å². The van der Waals surface area contributed by atoms with Crippen LogP contribution < -0.4 is 4.74 Å². The van der Waals surface area contributed by atoms with E-state index in [0.29, 0.717) is 5.75 Å². The van der Waals surface area contributed by atoms with Gasteiger partial charge >= 0.3 is 5.97 Å². The number of rotatable bonds is 0. The molecule has 0 aromatic heterocycles. The second-order valence-corrected chi connectivity index (χ2v) is 3.35. The highest BCUT2D eigenvalue weighted by molar-refractivity contribution is 5.81. The maximum Gasteiger partial charge on any atom is 0.329 e. The van der Waals surface area contributed by atoms with Crippen molar-refractivity contribution in [1.82, 2.24) is 0 Å². The summed E-state index contributed by atoms with van der Waals surface area (Å²) >= 11 is 0. The van der Waals surface area contributed by atoms with E-state index in [-0.39, 0.29) is 5.92 Å². The Labute approximate surface area is 81.9 Å². The first-order valence-corrected chi connectivity index (χ1v) is 4.44. The fourth-order valence-electron chi connectivity index (χ4n) is 1.67. The van der Waals surface area contributed by atoms with Crippen LogP contribution in [0.2, 0.25) is 0 Å². The van der Waals surface area contributed by atoms with E-state index in [1.807, 2.05) is 31.2 Å². The molecule has 3 heteroatoms. The highest BCUT2D eigenvalue weighted by Gasteiger charge is 2.34. The van der Waals surface area contributed by atoms with Gasteiger partial charge in [-0.1, -0.05) is 25.1 Å². The molecule has 0 radical (unpaired) electrons. The maximum atomic E-state index is 11.4. The molecular weight excluding hydrogens is 178 g/mol. The summed E-state index contributed by atoms with van der Waals surface area (Å²) in [7, 11) is 0. The Morgan fingerprint density at radius 2 is 2.14 bits per heavy atom. The second-order valence-electron chi connectivity index (χ2n) is 3.35. The average Bonchev–Trinajstić information content (AvgIpc) is 2.18. The van der Waals surface area contributed by atoms with Crippen molar-refractivity contribution in [2.75, 3.05) is 0 Å². The number of nitrogens with zero attached hydrogens (tertiary/aromatic N) is 1. The molecule has 1 aromatic carbocycles. The smallest absolute Gasteiger partial charge is 0.329 e. The summed E-state index contributed by atoms with van der Waals surface area (Å²) in [4.78, 5) is 11.4. The van der Waals surface area contributed by atoms with Crippen molar-refractivity contribution in [3.63, 3.8) is 0 Å². The fourth-order valence-corrected chi connectivity index (χ4v) is 1.67. The molecule has 3 nitrogen and oxygen atoms in total. The van der Waals surface area contributed by atoms with Crippen molar-refractivity contribution >= 4 is 5.97 Å². The second kappa shape index (κ2) is 3.15. The van der Waals surface area contributed by atoms with Crippen LogP contribution >= 0.6 is 0 Å². The lowest BCUT2D eigenvalue weighted by Crippen LogP contribution is -2.29. The maximum absolute atomic E-state index is 11.4. The Bertz CT molecular complexity index is 420.